The summed E-state index contributed by atoms with van der Waals surface area (Å²) in [5.74, 6) is -0.112. The number of allylic oxidation sites excluding steroid dienone is 3. The fourth-order valence-corrected chi connectivity index (χ4v) is 4.42. The van der Waals surface area contributed by atoms with Crippen LogP contribution in [0.2, 0.25) is 0 Å². The summed E-state index contributed by atoms with van der Waals surface area (Å²) in [6.45, 7) is 1.75. The number of rotatable bonds is 7. The van der Waals surface area contributed by atoms with E-state index < -0.39 is 0 Å². The lowest BCUT2D eigenvalue weighted by atomic mass is 9.89. The molecular weight excluding hydrogens is 410 g/mol. The number of phenols is 2. The number of aromatic hydroxyl groups is 2. The molecule has 1 saturated heterocycles. The lowest BCUT2D eigenvalue weighted by molar-refractivity contribution is -0.119. The van der Waals surface area contributed by atoms with Crippen molar-refractivity contribution in [3.63, 3.8) is 0 Å². The lowest BCUT2D eigenvalue weighted by Crippen LogP contribution is -2.39. The van der Waals surface area contributed by atoms with E-state index in [1.807, 2.05) is 12.1 Å². The van der Waals surface area contributed by atoms with Gasteiger partial charge in [0.2, 0.25) is 0 Å². The van der Waals surface area contributed by atoms with Crippen molar-refractivity contribution >= 4 is 11.9 Å². The summed E-state index contributed by atoms with van der Waals surface area (Å²) in [5.41, 5.74) is 3.31. The van der Waals surface area contributed by atoms with Crippen LogP contribution in [0.25, 0.3) is 6.08 Å². The minimum absolute atomic E-state index is 0.0378. The molecule has 0 spiro atoms. The van der Waals surface area contributed by atoms with Crippen molar-refractivity contribution in [2.24, 2.45) is 5.92 Å². The molecule has 0 aliphatic carbocycles. The van der Waals surface area contributed by atoms with E-state index in [0.717, 1.165) is 31.5 Å². The molecule has 3 aromatic rings. The Morgan fingerprint density at radius 3 is 2.00 bits per heavy atom. The summed E-state index contributed by atoms with van der Waals surface area (Å²) in [5, 5.41) is 18.9. The molecule has 4 rings (SSSR count). The summed E-state index contributed by atoms with van der Waals surface area (Å²) < 4.78 is 0. The molecule has 2 N–H and O–H groups in total. The number of nitrogens with zero attached hydrogens (tertiary/aromatic N) is 1. The van der Waals surface area contributed by atoms with Crippen LogP contribution in [0.4, 0.5) is 0 Å². The zero-order chi connectivity index (χ0) is 23.0. The Morgan fingerprint density at radius 1 is 0.818 bits per heavy atom. The molecule has 0 aromatic heterocycles. The minimum atomic E-state index is -0.159. The number of likely N-dealkylation sites (tertiary alicyclic amines) is 1. The van der Waals surface area contributed by atoms with Gasteiger partial charge in [0.25, 0.3) is 0 Å². The number of benzene rings is 3. The van der Waals surface area contributed by atoms with Crippen LogP contribution in [-0.2, 0) is 4.79 Å². The van der Waals surface area contributed by atoms with Gasteiger partial charge in [-0.2, -0.15) is 0 Å². The van der Waals surface area contributed by atoms with Gasteiger partial charge in [-0.1, -0.05) is 85.0 Å². The Labute approximate surface area is 195 Å². The average molecular weight is 440 g/mol. The van der Waals surface area contributed by atoms with Gasteiger partial charge in [-0.05, 0) is 60.8 Å². The van der Waals surface area contributed by atoms with Gasteiger partial charge in [0.15, 0.2) is 17.3 Å². The van der Waals surface area contributed by atoms with Gasteiger partial charge in [-0.25, -0.2) is 0 Å². The number of carbonyl (C=O) groups excluding carboxylic acids is 1. The molecule has 3 aromatic carbocycles. The van der Waals surface area contributed by atoms with Crippen molar-refractivity contribution in [2.45, 2.75) is 18.9 Å². The first-order valence-electron chi connectivity index (χ1n) is 11.4. The van der Waals surface area contributed by atoms with E-state index in [1.165, 1.54) is 23.3 Å². The largest absolute Gasteiger partial charge is 0.504 e. The van der Waals surface area contributed by atoms with Crippen LogP contribution in [0.3, 0.4) is 0 Å². The average Bonchev–Trinajstić information content (AvgIpc) is 2.86. The monoisotopic (exact) mass is 439 g/mol. The maximum atomic E-state index is 12.7. The molecule has 0 atom stereocenters. The fourth-order valence-electron chi connectivity index (χ4n) is 4.42. The SMILES string of the molecule is O=C(/C=C/C=C/c1ccc(O)c(O)c1)C1CCN(C(c2ccccc2)c2ccccc2)CC1. The topological polar surface area (TPSA) is 60.8 Å². The zero-order valence-electron chi connectivity index (χ0n) is 18.5. The van der Waals surface area contributed by atoms with Crippen LogP contribution in [0, 0.1) is 5.92 Å². The second kappa shape index (κ2) is 10.8. The highest BCUT2D eigenvalue weighted by molar-refractivity contribution is 5.92. The molecule has 1 aliphatic rings. The van der Waals surface area contributed by atoms with E-state index in [4.69, 9.17) is 0 Å². The van der Waals surface area contributed by atoms with E-state index in [2.05, 4.69) is 53.4 Å². The quantitative estimate of drug-likeness (QED) is 0.280. The first kappa shape index (κ1) is 22.6. The maximum Gasteiger partial charge on any atom is 0.158 e. The highest BCUT2D eigenvalue weighted by Gasteiger charge is 2.29. The molecule has 168 valence electrons. The predicted octanol–water partition coefficient (Wildman–Crippen LogP) is 5.74. The van der Waals surface area contributed by atoms with Gasteiger partial charge in [0.05, 0.1) is 6.04 Å². The molecule has 0 bridgehead atoms. The Balaban J connectivity index is 1.37. The summed E-state index contributed by atoms with van der Waals surface area (Å²) in [4.78, 5) is 15.2. The van der Waals surface area contributed by atoms with Crippen molar-refractivity contribution in [1.29, 1.82) is 0 Å². The maximum absolute atomic E-state index is 12.7. The number of carbonyl (C=O) groups is 1. The van der Waals surface area contributed by atoms with Crippen LogP contribution >= 0.6 is 0 Å². The van der Waals surface area contributed by atoms with Crippen molar-refractivity contribution in [2.75, 3.05) is 13.1 Å². The Morgan fingerprint density at radius 2 is 1.42 bits per heavy atom. The summed E-state index contributed by atoms with van der Waals surface area (Å²) in [6, 6.07) is 25.9. The van der Waals surface area contributed by atoms with E-state index in [0.29, 0.717) is 0 Å². The van der Waals surface area contributed by atoms with Crippen LogP contribution in [0.1, 0.15) is 35.6 Å². The molecule has 4 nitrogen and oxygen atoms in total. The van der Waals surface area contributed by atoms with Gasteiger partial charge < -0.3 is 10.2 Å². The molecule has 0 radical (unpaired) electrons. The minimum Gasteiger partial charge on any atom is -0.504 e. The van der Waals surface area contributed by atoms with Crippen molar-refractivity contribution in [3.05, 3.63) is 114 Å². The molecule has 33 heavy (non-hydrogen) atoms. The molecule has 1 aliphatic heterocycles. The first-order chi connectivity index (χ1) is 16.1. The Hall–Kier alpha value is -3.63. The van der Waals surface area contributed by atoms with Crippen molar-refractivity contribution in [1.82, 2.24) is 4.90 Å². The van der Waals surface area contributed by atoms with Gasteiger partial charge in [0, 0.05) is 5.92 Å². The Kier molecular flexibility index (Phi) is 7.38. The summed E-state index contributed by atoms with van der Waals surface area (Å²) >= 11 is 0. The molecule has 4 heteroatoms. The smallest absolute Gasteiger partial charge is 0.158 e. The first-order valence-corrected chi connectivity index (χ1v) is 11.4. The number of hydrogen-bond acceptors (Lipinski definition) is 4. The van der Waals surface area contributed by atoms with Gasteiger partial charge >= 0.3 is 0 Å². The summed E-state index contributed by atoms with van der Waals surface area (Å²) in [6.07, 6.45) is 8.64. The van der Waals surface area contributed by atoms with Crippen molar-refractivity contribution < 1.29 is 15.0 Å². The van der Waals surface area contributed by atoms with Crippen LogP contribution in [-0.4, -0.2) is 34.0 Å². The van der Waals surface area contributed by atoms with Gasteiger partial charge in [0.1, 0.15) is 0 Å². The highest BCUT2D eigenvalue weighted by Crippen LogP contribution is 2.32. The van der Waals surface area contributed by atoms with Gasteiger partial charge in [-0.15, -0.1) is 0 Å². The molecular formula is C29H29NO3. The van der Waals surface area contributed by atoms with Gasteiger partial charge in [-0.3, -0.25) is 9.69 Å². The predicted molar refractivity (Wildman–Crippen MR) is 132 cm³/mol. The molecule has 1 fully saturated rings. The third kappa shape index (κ3) is 5.79. The van der Waals surface area contributed by atoms with E-state index in [9.17, 15) is 15.0 Å². The highest BCUT2D eigenvalue weighted by atomic mass is 16.3. The third-order valence-electron chi connectivity index (χ3n) is 6.19. The van der Waals surface area contributed by atoms with Crippen LogP contribution < -0.4 is 0 Å². The second-order valence-corrected chi connectivity index (χ2v) is 8.40. The fraction of sp³-hybridized carbons (Fsp3) is 0.207. The molecule has 0 amide bonds. The summed E-state index contributed by atoms with van der Waals surface area (Å²) in [7, 11) is 0. The zero-order valence-corrected chi connectivity index (χ0v) is 18.5. The number of hydrogen-bond donors (Lipinski definition) is 2. The standard InChI is InChI=1S/C29H29NO3/c31-26(14-8-7-9-22-15-16-27(32)28(33)21-22)23-17-19-30(20-18-23)29(24-10-3-1-4-11-24)25-12-5-2-6-13-25/h1-16,21,23,29,32-33H,17-20H2/b9-7+,14-8+. The van der Waals surface area contributed by atoms with Crippen molar-refractivity contribution in [3.8, 4) is 11.5 Å². The lowest BCUT2D eigenvalue weighted by Gasteiger charge is -2.37. The molecule has 0 saturated carbocycles. The van der Waals surface area contributed by atoms with E-state index in [-0.39, 0.29) is 29.2 Å². The molecule has 1 heterocycles. The molecule has 0 unspecified atom stereocenters. The second-order valence-electron chi connectivity index (χ2n) is 8.40. The van der Waals surface area contributed by atoms with E-state index >= 15 is 0 Å². The number of ketones is 1. The van der Waals surface area contributed by atoms with Crippen LogP contribution in [0.15, 0.2) is 97.1 Å². The van der Waals surface area contributed by atoms with E-state index in [1.54, 1.807) is 30.4 Å². The third-order valence-corrected chi connectivity index (χ3v) is 6.19. The normalized spacial score (nSPS) is 15.5. The van der Waals surface area contributed by atoms with Crippen LogP contribution in [0.5, 0.6) is 11.5 Å². The number of phenolic OH excluding ortho intramolecular Hbond substituents is 2. The number of piperidine rings is 1. The Bertz CT molecular complexity index is 1070.